The Morgan fingerprint density at radius 2 is 0.733 bits per heavy atom. The predicted molar refractivity (Wildman–Crippen MR) is 135 cm³/mol. The molecule has 0 aromatic heterocycles. The van der Waals surface area contributed by atoms with E-state index >= 15 is 0 Å². The molecule has 0 fully saturated rings. The second-order valence-electron chi connectivity index (χ2n) is 13.2. The highest BCUT2D eigenvalue weighted by Gasteiger charge is 2.24. The van der Waals surface area contributed by atoms with Gasteiger partial charge in [-0.1, -0.05) is 119 Å². The first kappa shape index (κ1) is 24.7. The highest BCUT2D eigenvalue weighted by molar-refractivity contribution is 5.42. The smallest absolute Gasteiger partial charge is 0.0129 e. The molecule has 2 aromatic rings. The van der Waals surface area contributed by atoms with Crippen molar-refractivity contribution in [3.05, 3.63) is 69.8 Å². The van der Waals surface area contributed by atoms with Crippen molar-refractivity contribution in [2.24, 2.45) is 0 Å². The van der Waals surface area contributed by atoms with Crippen molar-refractivity contribution < 1.29 is 0 Å². The van der Waals surface area contributed by atoms with E-state index in [1.807, 2.05) is 0 Å². The molecule has 0 N–H and O–H groups in total. The number of hydrogen-bond acceptors (Lipinski definition) is 0. The zero-order valence-corrected chi connectivity index (χ0v) is 21.9. The van der Waals surface area contributed by atoms with Crippen LogP contribution in [0, 0.1) is 0 Å². The standard InChI is InChI=1S/C30H46/c1-27(2,3)23-17-15-21(25(19-23)29(7,8)9)13-14-22-16-18-24(28(4,5)6)20-26(22)30(10,11)12/h15-20H,13-14H2,1-12H3. The minimum Gasteiger partial charge on any atom is -0.0584 e. The summed E-state index contributed by atoms with van der Waals surface area (Å²) in [6, 6.07) is 14.4. The Morgan fingerprint density at radius 3 is 0.967 bits per heavy atom. The van der Waals surface area contributed by atoms with E-state index in [0.29, 0.717) is 0 Å². The van der Waals surface area contributed by atoms with Crippen molar-refractivity contribution in [1.29, 1.82) is 0 Å². The molecule has 0 amide bonds. The van der Waals surface area contributed by atoms with Crippen LogP contribution in [0.25, 0.3) is 0 Å². The average molecular weight is 407 g/mol. The molecule has 0 atom stereocenters. The van der Waals surface area contributed by atoms with E-state index < -0.39 is 0 Å². The summed E-state index contributed by atoms with van der Waals surface area (Å²) >= 11 is 0. The SMILES string of the molecule is CC(C)(C)c1ccc(CCc2ccc(C(C)(C)C)cc2C(C)(C)C)c(C(C)(C)C)c1. The number of aryl methyl sites for hydroxylation is 2. The summed E-state index contributed by atoms with van der Waals surface area (Å²) in [6.07, 6.45) is 2.18. The van der Waals surface area contributed by atoms with Gasteiger partial charge in [0.15, 0.2) is 0 Å². The molecule has 0 bridgehead atoms. The summed E-state index contributed by atoms with van der Waals surface area (Å²) in [4.78, 5) is 0. The predicted octanol–water partition coefficient (Wildman–Crippen LogP) is 8.66. The average Bonchev–Trinajstić information content (AvgIpc) is 2.56. The fraction of sp³-hybridized carbons (Fsp3) is 0.600. The van der Waals surface area contributed by atoms with Crippen molar-refractivity contribution in [3.8, 4) is 0 Å². The van der Waals surface area contributed by atoms with Gasteiger partial charge < -0.3 is 0 Å². The van der Waals surface area contributed by atoms with Gasteiger partial charge in [0.05, 0.1) is 0 Å². The first-order chi connectivity index (χ1) is 13.4. The van der Waals surface area contributed by atoms with Crippen LogP contribution < -0.4 is 0 Å². The molecule has 0 heteroatoms. The third-order valence-electron chi connectivity index (χ3n) is 6.23. The highest BCUT2D eigenvalue weighted by atomic mass is 14.3. The zero-order chi connectivity index (χ0) is 23.1. The maximum atomic E-state index is 2.46. The van der Waals surface area contributed by atoms with E-state index in [4.69, 9.17) is 0 Å². The molecule has 2 rings (SSSR count). The second-order valence-corrected chi connectivity index (χ2v) is 13.2. The van der Waals surface area contributed by atoms with Crippen LogP contribution in [-0.4, -0.2) is 0 Å². The number of hydrogen-bond donors (Lipinski definition) is 0. The van der Waals surface area contributed by atoms with Crippen LogP contribution in [-0.2, 0) is 34.5 Å². The normalized spacial score (nSPS) is 13.6. The molecule has 0 aliphatic heterocycles. The van der Waals surface area contributed by atoms with Gasteiger partial charge in [0.25, 0.3) is 0 Å². The Balaban J connectivity index is 2.44. The summed E-state index contributed by atoms with van der Waals surface area (Å²) in [7, 11) is 0. The number of benzene rings is 2. The molecule has 0 spiro atoms. The quantitative estimate of drug-likeness (QED) is 0.478. The van der Waals surface area contributed by atoms with Gasteiger partial charge in [0, 0.05) is 0 Å². The Hall–Kier alpha value is -1.56. The molecule has 0 saturated carbocycles. The molecule has 0 unspecified atom stereocenters. The lowest BCUT2D eigenvalue weighted by molar-refractivity contribution is 0.557. The molecule has 166 valence electrons. The summed E-state index contributed by atoms with van der Waals surface area (Å²) in [5, 5.41) is 0. The van der Waals surface area contributed by atoms with Crippen LogP contribution in [0.2, 0.25) is 0 Å². The highest BCUT2D eigenvalue weighted by Crippen LogP contribution is 2.34. The molecule has 0 saturated heterocycles. The minimum absolute atomic E-state index is 0.152. The van der Waals surface area contributed by atoms with Crippen molar-refractivity contribution in [1.82, 2.24) is 0 Å². The first-order valence-electron chi connectivity index (χ1n) is 11.7. The van der Waals surface area contributed by atoms with E-state index in [1.165, 1.54) is 33.4 Å². The zero-order valence-electron chi connectivity index (χ0n) is 21.9. The van der Waals surface area contributed by atoms with Crippen LogP contribution in [0.1, 0.15) is 116 Å². The molecular formula is C30H46. The van der Waals surface area contributed by atoms with Gasteiger partial charge in [-0.25, -0.2) is 0 Å². The first-order valence-corrected chi connectivity index (χ1v) is 11.7. The minimum atomic E-state index is 0.152. The van der Waals surface area contributed by atoms with Gasteiger partial charge in [0.2, 0.25) is 0 Å². The molecule has 0 heterocycles. The maximum absolute atomic E-state index is 2.46. The lowest BCUT2D eigenvalue weighted by Crippen LogP contribution is -2.20. The lowest BCUT2D eigenvalue weighted by atomic mass is 9.76. The monoisotopic (exact) mass is 406 g/mol. The van der Waals surface area contributed by atoms with Crippen LogP contribution in [0.4, 0.5) is 0 Å². The molecule has 30 heavy (non-hydrogen) atoms. The van der Waals surface area contributed by atoms with E-state index in [0.717, 1.165) is 12.8 Å². The number of rotatable bonds is 3. The molecular weight excluding hydrogens is 360 g/mol. The summed E-state index contributed by atoms with van der Waals surface area (Å²) in [5.74, 6) is 0. The van der Waals surface area contributed by atoms with Crippen molar-refractivity contribution in [3.63, 3.8) is 0 Å². The van der Waals surface area contributed by atoms with Gasteiger partial charge in [-0.3, -0.25) is 0 Å². The van der Waals surface area contributed by atoms with E-state index in [-0.39, 0.29) is 21.7 Å². The van der Waals surface area contributed by atoms with Crippen molar-refractivity contribution in [2.75, 3.05) is 0 Å². The summed E-state index contributed by atoms with van der Waals surface area (Å²) in [5.41, 5.74) is 9.52. The molecule has 0 aliphatic rings. The topological polar surface area (TPSA) is 0 Å². The van der Waals surface area contributed by atoms with E-state index in [9.17, 15) is 0 Å². The summed E-state index contributed by atoms with van der Waals surface area (Å²) in [6.45, 7) is 27.9. The third-order valence-corrected chi connectivity index (χ3v) is 6.23. The van der Waals surface area contributed by atoms with Gasteiger partial charge in [-0.05, 0) is 67.9 Å². The van der Waals surface area contributed by atoms with Gasteiger partial charge in [0.1, 0.15) is 0 Å². The largest absolute Gasteiger partial charge is 0.0584 e. The van der Waals surface area contributed by atoms with Crippen LogP contribution in [0.5, 0.6) is 0 Å². The van der Waals surface area contributed by atoms with Crippen LogP contribution >= 0.6 is 0 Å². The van der Waals surface area contributed by atoms with Crippen LogP contribution in [0.15, 0.2) is 36.4 Å². The fourth-order valence-corrected chi connectivity index (χ4v) is 4.19. The Bertz CT molecular complexity index is 793. The Labute approximate surface area is 187 Å². The van der Waals surface area contributed by atoms with Crippen molar-refractivity contribution >= 4 is 0 Å². The van der Waals surface area contributed by atoms with Crippen LogP contribution in [0.3, 0.4) is 0 Å². The maximum Gasteiger partial charge on any atom is -0.0129 e. The fourth-order valence-electron chi connectivity index (χ4n) is 4.19. The Morgan fingerprint density at radius 1 is 0.433 bits per heavy atom. The molecule has 0 radical (unpaired) electrons. The molecule has 0 nitrogen and oxygen atoms in total. The van der Waals surface area contributed by atoms with Gasteiger partial charge in [-0.2, -0.15) is 0 Å². The van der Waals surface area contributed by atoms with E-state index in [2.05, 4.69) is 119 Å². The van der Waals surface area contributed by atoms with Crippen molar-refractivity contribution in [2.45, 2.75) is 118 Å². The Kier molecular flexibility index (Phi) is 6.73. The van der Waals surface area contributed by atoms with Gasteiger partial charge >= 0.3 is 0 Å². The van der Waals surface area contributed by atoms with E-state index in [1.54, 1.807) is 0 Å². The lowest BCUT2D eigenvalue weighted by Gasteiger charge is -2.29. The van der Waals surface area contributed by atoms with Gasteiger partial charge in [-0.15, -0.1) is 0 Å². The molecule has 2 aromatic carbocycles. The third kappa shape index (κ3) is 5.99. The second kappa shape index (κ2) is 8.18. The summed E-state index contributed by atoms with van der Waals surface area (Å²) < 4.78 is 0. The molecule has 0 aliphatic carbocycles.